The van der Waals surface area contributed by atoms with Crippen molar-refractivity contribution < 1.29 is 9.72 Å². The smallest absolute Gasteiger partial charge is 0.273 e. The summed E-state index contributed by atoms with van der Waals surface area (Å²) in [5, 5.41) is 15.8. The maximum Gasteiger partial charge on any atom is 0.278 e. The van der Waals surface area contributed by atoms with Crippen molar-refractivity contribution in [2.24, 2.45) is 5.10 Å². The van der Waals surface area contributed by atoms with Crippen LogP contribution in [0.25, 0.3) is 0 Å². The molecule has 0 radical (unpaired) electrons. The number of benzene rings is 1. The van der Waals surface area contributed by atoms with Gasteiger partial charge in [0.25, 0.3) is 5.69 Å². The molecule has 1 aromatic rings. The van der Waals surface area contributed by atoms with Gasteiger partial charge in [0.1, 0.15) is 0 Å². The standard InChI is InChI=1S/C10H9N3O3/c14-10-5-6-12(10)11-7-8-3-1-2-4-9(8)13(15)16/h1-4,7H,5-6H2/b11-7+. The van der Waals surface area contributed by atoms with E-state index in [0.717, 1.165) is 0 Å². The van der Waals surface area contributed by atoms with E-state index in [4.69, 9.17) is 0 Å². The number of nitro groups is 1. The van der Waals surface area contributed by atoms with Gasteiger partial charge in [0.2, 0.25) is 5.91 Å². The van der Waals surface area contributed by atoms with Crippen LogP contribution in [-0.4, -0.2) is 28.6 Å². The number of para-hydroxylation sites is 1. The molecule has 0 aromatic heterocycles. The van der Waals surface area contributed by atoms with Crippen molar-refractivity contribution in [1.29, 1.82) is 0 Å². The number of hydrazone groups is 1. The zero-order valence-corrected chi connectivity index (χ0v) is 8.37. The van der Waals surface area contributed by atoms with Gasteiger partial charge in [0, 0.05) is 12.5 Å². The molecular weight excluding hydrogens is 210 g/mol. The predicted octanol–water partition coefficient (Wildman–Crippen LogP) is 1.16. The molecule has 1 saturated heterocycles. The lowest BCUT2D eigenvalue weighted by atomic mass is 10.2. The van der Waals surface area contributed by atoms with Crippen LogP contribution in [0.3, 0.4) is 0 Å². The normalized spacial score (nSPS) is 15.2. The topological polar surface area (TPSA) is 75.8 Å². The Morgan fingerprint density at radius 2 is 2.19 bits per heavy atom. The minimum absolute atomic E-state index is 0.0146. The molecule has 1 aliphatic heterocycles. The first-order chi connectivity index (χ1) is 7.68. The molecule has 0 atom stereocenters. The summed E-state index contributed by atoms with van der Waals surface area (Å²) in [7, 11) is 0. The molecule has 0 N–H and O–H groups in total. The molecule has 0 saturated carbocycles. The molecular formula is C10H9N3O3. The number of amides is 1. The summed E-state index contributed by atoms with van der Waals surface area (Å²) in [5.74, 6) is -0.0603. The Morgan fingerprint density at radius 1 is 1.44 bits per heavy atom. The van der Waals surface area contributed by atoms with Crippen LogP contribution in [0.2, 0.25) is 0 Å². The molecule has 82 valence electrons. The van der Waals surface area contributed by atoms with E-state index >= 15 is 0 Å². The Balaban J connectivity index is 2.20. The molecule has 1 aliphatic rings. The van der Waals surface area contributed by atoms with E-state index in [0.29, 0.717) is 18.5 Å². The van der Waals surface area contributed by atoms with Gasteiger partial charge in [-0.25, -0.2) is 5.01 Å². The number of nitrogens with zero attached hydrogens (tertiary/aromatic N) is 3. The Labute approximate surface area is 91.3 Å². The van der Waals surface area contributed by atoms with E-state index in [2.05, 4.69) is 5.10 Å². The third kappa shape index (κ3) is 1.90. The van der Waals surface area contributed by atoms with Gasteiger partial charge in [-0.15, -0.1) is 0 Å². The van der Waals surface area contributed by atoms with Crippen molar-refractivity contribution in [3.63, 3.8) is 0 Å². The highest BCUT2D eigenvalue weighted by Gasteiger charge is 2.22. The Kier molecular flexibility index (Phi) is 2.63. The van der Waals surface area contributed by atoms with Crippen LogP contribution in [0.5, 0.6) is 0 Å². The van der Waals surface area contributed by atoms with Gasteiger partial charge >= 0.3 is 0 Å². The average molecular weight is 219 g/mol. The highest BCUT2D eigenvalue weighted by Crippen LogP contribution is 2.16. The van der Waals surface area contributed by atoms with E-state index in [1.807, 2.05) is 0 Å². The fourth-order valence-electron chi connectivity index (χ4n) is 1.32. The molecule has 6 heteroatoms. The lowest BCUT2D eigenvalue weighted by molar-refractivity contribution is -0.385. The summed E-state index contributed by atoms with van der Waals surface area (Å²) in [6, 6.07) is 6.27. The summed E-state index contributed by atoms with van der Waals surface area (Å²) in [6.07, 6.45) is 1.84. The van der Waals surface area contributed by atoms with Crippen molar-refractivity contribution in [3.05, 3.63) is 39.9 Å². The van der Waals surface area contributed by atoms with Crippen molar-refractivity contribution in [3.8, 4) is 0 Å². The van der Waals surface area contributed by atoms with Gasteiger partial charge in [-0.05, 0) is 6.07 Å². The maximum atomic E-state index is 10.9. The third-order valence-electron chi connectivity index (χ3n) is 2.30. The highest BCUT2D eigenvalue weighted by atomic mass is 16.6. The van der Waals surface area contributed by atoms with Crippen molar-refractivity contribution in [1.82, 2.24) is 5.01 Å². The number of carbonyl (C=O) groups excluding carboxylic acids is 1. The second-order valence-electron chi connectivity index (χ2n) is 3.33. The number of carbonyl (C=O) groups is 1. The van der Waals surface area contributed by atoms with E-state index in [-0.39, 0.29) is 11.6 Å². The second-order valence-corrected chi connectivity index (χ2v) is 3.33. The van der Waals surface area contributed by atoms with Crippen LogP contribution in [0, 0.1) is 10.1 Å². The monoisotopic (exact) mass is 219 g/mol. The van der Waals surface area contributed by atoms with Crippen molar-refractivity contribution >= 4 is 17.8 Å². The third-order valence-corrected chi connectivity index (χ3v) is 2.30. The van der Waals surface area contributed by atoms with Gasteiger partial charge < -0.3 is 0 Å². The number of rotatable bonds is 3. The minimum atomic E-state index is -0.473. The van der Waals surface area contributed by atoms with Crippen LogP contribution >= 0.6 is 0 Å². The Morgan fingerprint density at radius 3 is 2.75 bits per heavy atom. The van der Waals surface area contributed by atoms with E-state index in [1.165, 1.54) is 17.3 Å². The Bertz CT molecular complexity index is 470. The van der Waals surface area contributed by atoms with E-state index in [1.54, 1.807) is 18.2 Å². The van der Waals surface area contributed by atoms with Crippen LogP contribution < -0.4 is 0 Å². The molecule has 6 nitrogen and oxygen atoms in total. The van der Waals surface area contributed by atoms with E-state index in [9.17, 15) is 14.9 Å². The summed E-state index contributed by atoms with van der Waals surface area (Å²) >= 11 is 0. The second kappa shape index (κ2) is 4.09. The maximum absolute atomic E-state index is 10.9. The molecule has 2 rings (SSSR count). The predicted molar refractivity (Wildman–Crippen MR) is 57.0 cm³/mol. The fourth-order valence-corrected chi connectivity index (χ4v) is 1.32. The first-order valence-corrected chi connectivity index (χ1v) is 4.76. The van der Waals surface area contributed by atoms with Gasteiger partial charge in [-0.2, -0.15) is 5.10 Å². The van der Waals surface area contributed by atoms with Crippen LogP contribution in [0.15, 0.2) is 29.4 Å². The van der Waals surface area contributed by atoms with Gasteiger partial charge in [0.05, 0.1) is 23.2 Å². The van der Waals surface area contributed by atoms with Gasteiger partial charge in [-0.1, -0.05) is 12.1 Å². The molecule has 0 unspecified atom stereocenters. The number of β-lactam (4-membered cyclic amide) rings is 1. The molecule has 1 aromatic carbocycles. The molecule has 1 heterocycles. The molecule has 1 fully saturated rings. The largest absolute Gasteiger partial charge is 0.278 e. The number of hydrogen-bond acceptors (Lipinski definition) is 4. The summed E-state index contributed by atoms with van der Waals surface area (Å²) in [4.78, 5) is 21.2. The SMILES string of the molecule is O=C1CCN1/N=C/c1ccccc1[N+](=O)[O-]. The summed E-state index contributed by atoms with van der Waals surface area (Å²) in [6.45, 7) is 0.579. The molecule has 16 heavy (non-hydrogen) atoms. The van der Waals surface area contributed by atoms with Crippen LogP contribution in [0.1, 0.15) is 12.0 Å². The zero-order chi connectivity index (χ0) is 11.5. The highest BCUT2D eigenvalue weighted by molar-refractivity contribution is 5.88. The van der Waals surface area contributed by atoms with Crippen molar-refractivity contribution in [2.45, 2.75) is 6.42 Å². The zero-order valence-electron chi connectivity index (χ0n) is 8.37. The molecule has 0 bridgehead atoms. The first-order valence-electron chi connectivity index (χ1n) is 4.76. The summed E-state index contributed by atoms with van der Waals surface area (Å²) in [5.41, 5.74) is 0.381. The quantitative estimate of drug-likeness (QED) is 0.331. The average Bonchev–Trinajstić information content (AvgIpc) is 2.27. The van der Waals surface area contributed by atoms with Gasteiger partial charge in [-0.3, -0.25) is 14.9 Å². The van der Waals surface area contributed by atoms with Crippen LogP contribution in [-0.2, 0) is 4.79 Å². The van der Waals surface area contributed by atoms with Gasteiger partial charge in [0.15, 0.2) is 0 Å². The fraction of sp³-hybridized carbons (Fsp3) is 0.200. The molecule has 0 spiro atoms. The van der Waals surface area contributed by atoms with Crippen LogP contribution in [0.4, 0.5) is 5.69 Å². The minimum Gasteiger partial charge on any atom is -0.273 e. The lowest BCUT2D eigenvalue weighted by Crippen LogP contribution is -2.38. The summed E-state index contributed by atoms with van der Waals surface area (Å²) < 4.78 is 0. The molecule has 1 amide bonds. The number of nitro benzene ring substituents is 1. The first kappa shape index (κ1) is 10.3. The Hall–Kier alpha value is -2.24. The molecule has 0 aliphatic carbocycles. The number of hydrogen-bond donors (Lipinski definition) is 0. The van der Waals surface area contributed by atoms with E-state index < -0.39 is 4.92 Å². The lowest BCUT2D eigenvalue weighted by Gasteiger charge is -2.24. The van der Waals surface area contributed by atoms with Crippen molar-refractivity contribution in [2.75, 3.05) is 6.54 Å².